The fraction of sp³-hybridized carbons (Fsp3) is 0. The number of rotatable bonds is 4. The SMILES string of the molecule is c1ccc(-n2ccc3c2ccc2c4ccccc4n(-c4ccnc(-n5c6ccccc6c6ccc7c(ccn7-c7ccccc7)c65)c4)c23)cc1. The van der Waals surface area contributed by atoms with Crippen LogP contribution in [0.5, 0.6) is 0 Å². The lowest BCUT2D eigenvalue weighted by Gasteiger charge is -2.13. The second-order valence-corrected chi connectivity index (χ2v) is 12.9. The van der Waals surface area contributed by atoms with E-state index in [2.05, 4.69) is 188 Å². The van der Waals surface area contributed by atoms with Crippen LogP contribution in [-0.4, -0.2) is 23.3 Å². The zero-order valence-electron chi connectivity index (χ0n) is 27.0. The minimum atomic E-state index is 0.883. The molecule has 0 spiro atoms. The van der Waals surface area contributed by atoms with Crippen LogP contribution in [0.15, 0.2) is 176 Å². The van der Waals surface area contributed by atoms with Gasteiger partial charge in [0.2, 0.25) is 0 Å². The number of para-hydroxylation sites is 4. The Morgan fingerprint density at radius 3 is 1.42 bits per heavy atom. The number of aromatic nitrogens is 5. The molecule has 0 saturated carbocycles. The van der Waals surface area contributed by atoms with Crippen molar-refractivity contribution in [3.63, 3.8) is 0 Å². The van der Waals surface area contributed by atoms with Crippen LogP contribution in [0.1, 0.15) is 0 Å². The summed E-state index contributed by atoms with van der Waals surface area (Å²) in [6, 6.07) is 56.4. The van der Waals surface area contributed by atoms with Gasteiger partial charge in [-0.3, -0.25) is 4.57 Å². The van der Waals surface area contributed by atoms with Crippen molar-refractivity contribution in [2.24, 2.45) is 0 Å². The largest absolute Gasteiger partial charge is 0.316 e. The van der Waals surface area contributed by atoms with E-state index in [1.807, 2.05) is 6.20 Å². The Morgan fingerprint density at radius 2 is 0.840 bits per heavy atom. The molecule has 0 radical (unpaired) electrons. The highest BCUT2D eigenvalue weighted by molar-refractivity contribution is 6.19. The fourth-order valence-electron chi connectivity index (χ4n) is 8.16. The minimum Gasteiger partial charge on any atom is -0.316 e. The van der Waals surface area contributed by atoms with Crippen LogP contribution in [0, 0.1) is 0 Å². The molecule has 0 fully saturated rings. The van der Waals surface area contributed by atoms with E-state index >= 15 is 0 Å². The molecular weight excluding hydrogens is 611 g/mol. The Morgan fingerprint density at radius 1 is 0.340 bits per heavy atom. The summed E-state index contributed by atoms with van der Waals surface area (Å²) in [5.74, 6) is 0.883. The molecule has 11 aromatic rings. The van der Waals surface area contributed by atoms with E-state index in [0.717, 1.165) is 39.4 Å². The van der Waals surface area contributed by atoms with Crippen LogP contribution in [0.4, 0.5) is 0 Å². The molecule has 5 heterocycles. The van der Waals surface area contributed by atoms with Crippen molar-refractivity contribution in [3.05, 3.63) is 176 Å². The van der Waals surface area contributed by atoms with Crippen LogP contribution in [0.3, 0.4) is 0 Å². The predicted molar refractivity (Wildman–Crippen MR) is 207 cm³/mol. The Bertz CT molecular complexity index is 2880. The monoisotopic (exact) mass is 639 g/mol. The van der Waals surface area contributed by atoms with Crippen molar-refractivity contribution in [1.82, 2.24) is 23.3 Å². The van der Waals surface area contributed by atoms with Crippen molar-refractivity contribution in [2.45, 2.75) is 0 Å². The van der Waals surface area contributed by atoms with E-state index in [4.69, 9.17) is 4.98 Å². The minimum absolute atomic E-state index is 0.883. The molecule has 0 bridgehead atoms. The second kappa shape index (κ2) is 10.3. The van der Waals surface area contributed by atoms with Gasteiger partial charge in [-0.2, -0.15) is 0 Å². The lowest BCUT2D eigenvalue weighted by atomic mass is 10.1. The first kappa shape index (κ1) is 27.1. The van der Waals surface area contributed by atoms with Crippen molar-refractivity contribution in [3.8, 4) is 22.9 Å². The molecule has 0 aliphatic rings. The van der Waals surface area contributed by atoms with Gasteiger partial charge in [0.1, 0.15) is 5.82 Å². The van der Waals surface area contributed by atoms with Gasteiger partial charge in [-0.25, -0.2) is 4.98 Å². The van der Waals surface area contributed by atoms with Gasteiger partial charge in [0.15, 0.2) is 0 Å². The van der Waals surface area contributed by atoms with E-state index in [0.29, 0.717) is 0 Å². The Balaban J connectivity index is 1.19. The summed E-state index contributed by atoms with van der Waals surface area (Å²) in [6.07, 6.45) is 6.32. The summed E-state index contributed by atoms with van der Waals surface area (Å²) in [5, 5.41) is 7.29. The third-order valence-electron chi connectivity index (χ3n) is 10.3. The van der Waals surface area contributed by atoms with Crippen LogP contribution >= 0.6 is 0 Å². The summed E-state index contributed by atoms with van der Waals surface area (Å²) < 4.78 is 9.31. The maximum absolute atomic E-state index is 5.07. The summed E-state index contributed by atoms with van der Waals surface area (Å²) in [6.45, 7) is 0. The van der Waals surface area contributed by atoms with Gasteiger partial charge in [0.25, 0.3) is 0 Å². The fourth-order valence-corrected chi connectivity index (χ4v) is 8.16. The molecule has 234 valence electrons. The quantitative estimate of drug-likeness (QED) is 0.189. The predicted octanol–water partition coefficient (Wildman–Crippen LogP) is 11.2. The van der Waals surface area contributed by atoms with Crippen molar-refractivity contribution in [1.29, 1.82) is 0 Å². The lowest BCUT2D eigenvalue weighted by molar-refractivity contribution is 1.06. The zero-order valence-corrected chi connectivity index (χ0v) is 27.0. The summed E-state index contributed by atoms with van der Waals surface area (Å²) >= 11 is 0. The first-order valence-corrected chi connectivity index (χ1v) is 17.0. The molecule has 5 aromatic heterocycles. The first-order chi connectivity index (χ1) is 24.8. The Kier molecular flexibility index (Phi) is 5.60. The third-order valence-corrected chi connectivity index (χ3v) is 10.3. The average molecular weight is 640 g/mol. The van der Waals surface area contributed by atoms with Gasteiger partial charge in [0.05, 0.1) is 38.8 Å². The zero-order chi connectivity index (χ0) is 32.8. The number of fused-ring (bicyclic) bond motifs is 10. The number of benzene rings is 6. The Labute approximate surface area is 287 Å². The molecule has 0 atom stereocenters. The van der Waals surface area contributed by atoms with Crippen LogP contribution in [0.25, 0.3) is 88.3 Å². The van der Waals surface area contributed by atoms with Crippen LogP contribution in [-0.2, 0) is 0 Å². The standard InChI is InChI=1S/C45H29N5/c1-3-11-30(12-4-1)47-27-24-37-39(47)21-19-35-33-15-7-9-17-41(33)49(44(35)37)32-23-26-46-43(29-32)50-42-18-10-8-16-34(42)36-20-22-40-38(45(36)50)25-28-48(40)31-13-5-2-6-14-31/h1-29H. The first-order valence-electron chi connectivity index (χ1n) is 17.0. The number of nitrogens with zero attached hydrogens (tertiary/aromatic N) is 5. The molecule has 50 heavy (non-hydrogen) atoms. The van der Waals surface area contributed by atoms with Gasteiger partial charge in [-0.05, 0) is 66.7 Å². The van der Waals surface area contributed by atoms with Gasteiger partial charge in [-0.15, -0.1) is 0 Å². The normalized spacial score (nSPS) is 12.0. The molecule has 0 unspecified atom stereocenters. The van der Waals surface area contributed by atoms with Gasteiger partial charge in [0, 0.05) is 68.3 Å². The molecule has 0 aliphatic heterocycles. The molecule has 0 saturated heterocycles. The molecule has 0 aliphatic carbocycles. The number of hydrogen-bond donors (Lipinski definition) is 0. The smallest absolute Gasteiger partial charge is 0.139 e. The van der Waals surface area contributed by atoms with Gasteiger partial charge in [-0.1, -0.05) is 84.9 Å². The average Bonchev–Trinajstić information content (AvgIpc) is 3.96. The Hall–Kier alpha value is -6.85. The molecule has 5 heteroatoms. The van der Waals surface area contributed by atoms with E-state index in [-0.39, 0.29) is 0 Å². The van der Waals surface area contributed by atoms with E-state index < -0.39 is 0 Å². The molecule has 11 rings (SSSR count). The second-order valence-electron chi connectivity index (χ2n) is 12.9. The van der Waals surface area contributed by atoms with Crippen LogP contribution < -0.4 is 0 Å². The van der Waals surface area contributed by atoms with E-state index in [9.17, 15) is 0 Å². The molecule has 5 nitrogen and oxygen atoms in total. The summed E-state index contributed by atoms with van der Waals surface area (Å²) in [4.78, 5) is 5.07. The maximum Gasteiger partial charge on any atom is 0.139 e. The van der Waals surface area contributed by atoms with Crippen molar-refractivity contribution < 1.29 is 0 Å². The lowest BCUT2D eigenvalue weighted by Crippen LogP contribution is -2.01. The molecule has 6 aromatic carbocycles. The van der Waals surface area contributed by atoms with Crippen molar-refractivity contribution >= 4 is 65.4 Å². The number of hydrogen-bond acceptors (Lipinski definition) is 1. The highest BCUT2D eigenvalue weighted by atomic mass is 15.1. The molecule has 0 N–H and O–H groups in total. The molecular formula is C45H29N5. The maximum atomic E-state index is 5.07. The van der Waals surface area contributed by atoms with Crippen LogP contribution in [0.2, 0.25) is 0 Å². The summed E-state index contributed by atoms with van der Waals surface area (Å²) in [7, 11) is 0. The van der Waals surface area contributed by atoms with Crippen molar-refractivity contribution in [2.75, 3.05) is 0 Å². The van der Waals surface area contributed by atoms with E-state index in [1.54, 1.807) is 0 Å². The highest BCUT2D eigenvalue weighted by Gasteiger charge is 2.20. The summed E-state index contributed by atoms with van der Waals surface area (Å²) in [5.41, 5.74) is 10.4. The number of pyridine rings is 1. The van der Waals surface area contributed by atoms with Gasteiger partial charge < -0.3 is 13.7 Å². The topological polar surface area (TPSA) is 32.6 Å². The molecule has 0 amide bonds. The third kappa shape index (κ3) is 3.74. The van der Waals surface area contributed by atoms with E-state index in [1.165, 1.54) is 48.9 Å². The van der Waals surface area contributed by atoms with Gasteiger partial charge >= 0.3 is 0 Å². The highest BCUT2D eigenvalue weighted by Crippen LogP contribution is 2.40.